The minimum absolute atomic E-state index is 0.102. The van der Waals surface area contributed by atoms with Crippen molar-refractivity contribution in [2.45, 2.75) is 32.7 Å². The highest BCUT2D eigenvalue weighted by molar-refractivity contribution is 7.17. The van der Waals surface area contributed by atoms with Crippen LogP contribution in [0.15, 0.2) is 60.7 Å². The highest BCUT2D eigenvalue weighted by Crippen LogP contribution is 2.45. The number of thiazole rings is 1. The van der Waals surface area contributed by atoms with Crippen LogP contribution >= 0.6 is 11.3 Å². The highest BCUT2D eigenvalue weighted by atomic mass is 32.1. The van der Waals surface area contributed by atoms with E-state index in [0.29, 0.717) is 40.7 Å². The zero-order chi connectivity index (χ0) is 30.4. The van der Waals surface area contributed by atoms with Crippen LogP contribution < -0.4 is 19.1 Å². The molecule has 1 N–H and O–H groups in total. The molecule has 0 aliphatic carbocycles. The third kappa shape index (κ3) is 6.01. The van der Waals surface area contributed by atoms with Gasteiger partial charge in [0.1, 0.15) is 23.0 Å². The van der Waals surface area contributed by atoms with Crippen molar-refractivity contribution in [3.63, 3.8) is 0 Å². The molecule has 1 saturated heterocycles. The molecule has 3 aromatic rings. The van der Waals surface area contributed by atoms with Crippen LogP contribution in [-0.2, 0) is 14.3 Å². The number of aryl methyl sites for hydroxylation is 1. The molecule has 0 spiro atoms. The molecule has 0 saturated carbocycles. The fourth-order valence-electron chi connectivity index (χ4n) is 4.43. The normalized spacial score (nSPS) is 15.9. The van der Waals surface area contributed by atoms with Crippen molar-refractivity contribution in [1.82, 2.24) is 4.98 Å². The first-order valence-corrected chi connectivity index (χ1v) is 14.1. The number of carbonyl (C=O) groups excluding carboxylic acids is 3. The summed E-state index contributed by atoms with van der Waals surface area (Å²) in [5.41, 5.74) is 0.968. The number of anilines is 1. The number of methoxy groups -OCH3 is 2. The number of aliphatic hydroxyl groups excluding tert-OH is 1. The van der Waals surface area contributed by atoms with Crippen LogP contribution in [0.2, 0.25) is 0 Å². The Morgan fingerprint density at radius 2 is 1.86 bits per heavy atom. The predicted molar refractivity (Wildman–Crippen MR) is 159 cm³/mol. The minimum Gasteiger partial charge on any atom is -0.507 e. The number of aromatic nitrogens is 1. The molecule has 1 fully saturated rings. The Hall–Kier alpha value is -4.64. The Morgan fingerprint density at radius 3 is 2.50 bits per heavy atom. The minimum atomic E-state index is -1.09. The number of esters is 1. The molecule has 1 aliphatic rings. The summed E-state index contributed by atoms with van der Waals surface area (Å²) in [5, 5.41) is 11.6. The summed E-state index contributed by atoms with van der Waals surface area (Å²) >= 11 is 0.918. The fraction of sp³-hybridized carbons (Fsp3) is 0.290. The quantitative estimate of drug-likeness (QED) is 0.0713. The molecule has 1 unspecified atom stereocenters. The Bertz CT molecular complexity index is 1530. The number of ether oxygens (including phenoxy) is 4. The molecule has 1 aromatic heterocycles. The lowest BCUT2D eigenvalue weighted by molar-refractivity contribution is -0.132. The first-order chi connectivity index (χ1) is 20.2. The van der Waals surface area contributed by atoms with Gasteiger partial charge in [-0.2, -0.15) is 0 Å². The topological polar surface area (TPSA) is 124 Å². The molecule has 11 heteroatoms. The second kappa shape index (κ2) is 13.3. The molecule has 2 aromatic carbocycles. The van der Waals surface area contributed by atoms with E-state index in [0.717, 1.165) is 24.2 Å². The van der Waals surface area contributed by atoms with E-state index < -0.39 is 23.7 Å². The molecule has 1 atom stereocenters. The number of nitrogens with zero attached hydrogens (tertiary/aromatic N) is 2. The van der Waals surface area contributed by atoms with Gasteiger partial charge in [-0.3, -0.25) is 14.5 Å². The van der Waals surface area contributed by atoms with Crippen molar-refractivity contribution >= 4 is 39.9 Å². The van der Waals surface area contributed by atoms with E-state index in [1.54, 1.807) is 55.5 Å². The lowest BCUT2D eigenvalue weighted by atomic mass is 9.95. The van der Waals surface area contributed by atoms with Crippen molar-refractivity contribution in [2.24, 2.45) is 0 Å². The Labute approximate surface area is 247 Å². The summed E-state index contributed by atoms with van der Waals surface area (Å²) in [6, 6.07) is 10.5. The van der Waals surface area contributed by atoms with Gasteiger partial charge in [0.05, 0.1) is 38.1 Å². The van der Waals surface area contributed by atoms with Crippen LogP contribution in [0.4, 0.5) is 5.13 Å². The number of amides is 1. The van der Waals surface area contributed by atoms with Crippen LogP contribution in [0, 0.1) is 6.92 Å². The summed E-state index contributed by atoms with van der Waals surface area (Å²) in [5.74, 6) is -1.40. The molecule has 42 heavy (non-hydrogen) atoms. The largest absolute Gasteiger partial charge is 0.507 e. The van der Waals surface area contributed by atoms with Gasteiger partial charge < -0.3 is 24.1 Å². The molecule has 0 bridgehead atoms. The molecule has 0 radical (unpaired) electrons. The summed E-state index contributed by atoms with van der Waals surface area (Å²) in [7, 11) is 2.71. The monoisotopic (exact) mass is 592 g/mol. The van der Waals surface area contributed by atoms with Crippen LogP contribution in [0.3, 0.4) is 0 Å². The smallest absolute Gasteiger partial charge is 0.350 e. The summed E-state index contributed by atoms with van der Waals surface area (Å²) in [4.78, 5) is 45.2. The fourth-order valence-corrected chi connectivity index (χ4v) is 5.45. The summed E-state index contributed by atoms with van der Waals surface area (Å²) in [6.07, 6.45) is 3.48. The van der Waals surface area contributed by atoms with Crippen molar-refractivity contribution in [3.05, 3.63) is 82.4 Å². The number of unbranched alkanes of at least 4 members (excludes halogenated alkanes) is 1. The number of Topliss-reactive ketones (excluding diaryl/α,β-unsaturated/α-hetero) is 1. The Balaban J connectivity index is 1.86. The van der Waals surface area contributed by atoms with Crippen LogP contribution in [-0.4, -0.2) is 55.2 Å². The van der Waals surface area contributed by atoms with Gasteiger partial charge in [-0.15, -0.1) is 0 Å². The first-order valence-electron chi connectivity index (χ1n) is 13.3. The molecular weight excluding hydrogens is 560 g/mol. The molecule has 2 heterocycles. The van der Waals surface area contributed by atoms with E-state index in [4.69, 9.17) is 18.9 Å². The number of benzene rings is 2. The Kier molecular flexibility index (Phi) is 9.64. The standard InChI is InChI=1S/C31H32N2O8S/c1-6-8-16-40-21-12-9-19(10-13-21)26(34)24-25(20-11-14-22(41-15-7-2)23(17-20)38-4)33(29(36)27(24)35)31-32-18(3)28(42-31)30(37)39-5/h7,9-14,17,25,34H,2,6,8,15-16H2,1,3-5H3. The number of hydrogen-bond donors (Lipinski definition) is 1. The highest BCUT2D eigenvalue weighted by Gasteiger charge is 2.48. The van der Waals surface area contributed by atoms with Gasteiger partial charge in [-0.05, 0) is 55.3 Å². The zero-order valence-electron chi connectivity index (χ0n) is 23.8. The lowest BCUT2D eigenvalue weighted by Gasteiger charge is -2.24. The van der Waals surface area contributed by atoms with Gasteiger partial charge in [0.25, 0.3) is 5.78 Å². The van der Waals surface area contributed by atoms with Gasteiger partial charge in [-0.1, -0.05) is 43.4 Å². The molecular formula is C31H32N2O8S. The molecule has 1 amide bonds. The van der Waals surface area contributed by atoms with E-state index in [2.05, 4.69) is 18.5 Å². The number of carbonyl (C=O) groups is 3. The van der Waals surface area contributed by atoms with Crippen molar-refractivity contribution in [2.75, 3.05) is 32.3 Å². The molecule has 4 rings (SSSR count). The van der Waals surface area contributed by atoms with E-state index in [-0.39, 0.29) is 27.9 Å². The SMILES string of the molecule is C=CCOc1ccc(C2C(=C(O)c3ccc(OCCCC)cc3)C(=O)C(=O)N2c2nc(C)c(C(=O)OC)s2)cc1OC. The van der Waals surface area contributed by atoms with Gasteiger partial charge in [0, 0.05) is 5.56 Å². The maximum atomic E-state index is 13.6. The van der Waals surface area contributed by atoms with E-state index in [9.17, 15) is 19.5 Å². The lowest BCUT2D eigenvalue weighted by Crippen LogP contribution is -2.29. The van der Waals surface area contributed by atoms with Crippen LogP contribution in [0.25, 0.3) is 5.76 Å². The van der Waals surface area contributed by atoms with Crippen LogP contribution in [0.5, 0.6) is 17.2 Å². The number of ketones is 1. The number of hydrogen-bond acceptors (Lipinski definition) is 10. The second-order valence-corrected chi connectivity index (χ2v) is 10.3. The average molecular weight is 593 g/mol. The zero-order valence-corrected chi connectivity index (χ0v) is 24.7. The van der Waals surface area contributed by atoms with Crippen molar-refractivity contribution < 1.29 is 38.4 Å². The molecule has 1 aliphatic heterocycles. The third-order valence-electron chi connectivity index (χ3n) is 6.56. The van der Waals surface area contributed by atoms with Crippen LogP contribution in [0.1, 0.15) is 52.3 Å². The van der Waals surface area contributed by atoms with E-state index in [1.165, 1.54) is 19.1 Å². The van der Waals surface area contributed by atoms with Gasteiger partial charge in [0.2, 0.25) is 0 Å². The van der Waals surface area contributed by atoms with E-state index in [1.807, 2.05) is 0 Å². The maximum absolute atomic E-state index is 13.6. The predicted octanol–water partition coefficient (Wildman–Crippen LogP) is 5.62. The first kappa shape index (κ1) is 30.3. The van der Waals surface area contributed by atoms with Gasteiger partial charge >= 0.3 is 11.9 Å². The molecule has 220 valence electrons. The maximum Gasteiger partial charge on any atom is 0.350 e. The van der Waals surface area contributed by atoms with Gasteiger partial charge in [0.15, 0.2) is 16.6 Å². The van der Waals surface area contributed by atoms with E-state index >= 15 is 0 Å². The summed E-state index contributed by atoms with van der Waals surface area (Å²) in [6.45, 7) is 8.12. The van der Waals surface area contributed by atoms with Crippen molar-refractivity contribution in [3.8, 4) is 17.2 Å². The Morgan fingerprint density at radius 1 is 1.12 bits per heavy atom. The second-order valence-electron chi connectivity index (χ2n) is 9.31. The van der Waals surface area contributed by atoms with Crippen molar-refractivity contribution in [1.29, 1.82) is 0 Å². The third-order valence-corrected chi connectivity index (χ3v) is 7.70. The van der Waals surface area contributed by atoms with Gasteiger partial charge in [-0.25, -0.2) is 9.78 Å². The molecule has 10 nitrogen and oxygen atoms in total. The number of aliphatic hydroxyl groups is 1. The summed E-state index contributed by atoms with van der Waals surface area (Å²) < 4.78 is 21.8. The number of rotatable bonds is 12. The average Bonchev–Trinajstić information content (AvgIpc) is 3.51.